The number of nitrogens with zero attached hydrogens (tertiary/aromatic N) is 1. The van der Waals surface area contributed by atoms with Gasteiger partial charge in [0.25, 0.3) is 5.91 Å². The van der Waals surface area contributed by atoms with E-state index in [1.807, 2.05) is 18.2 Å². The highest BCUT2D eigenvalue weighted by molar-refractivity contribution is 6.33. The molecule has 0 saturated carbocycles. The Bertz CT molecular complexity index is 925. The van der Waals surface area contributed by atoms with E-state index in [9.17, 15) is 14.0 Å². The van der Waals surface area contributed by atoms with E-state index < -0.39 is 11.7 Å². The van der Waals surface area contributed by atoms with Gasteiger partial charge in [0, 0.05) is 25.6 Å². The first-order valence-electron chi connectivity index (χ1n) is 10.2. The number of carbonyl (C=O) groups excluding carboxylic acids is 2. The molecule has 0 aliphatic carbocycles. The summed E-state index contributed by atoms with van der Waals surface area (Å²) in [7, 11) is 3.16. The van der Waals surface area contributed by atoms with Crippen molar-refractivity contribution in [2.45, 2.75) is 31.7 Å². The minimum Gasteiger partial charge on any atom is -0.493 e. The van der Waals surface area contributed by atoms with Crippen LogP contribution < -0.4 is 14.8 Å². The molecule has 166 valence electrons. The molecular weight excluding hydrogens is 423 g/mol. The van der Waals surface area contributed by atoms with Gasteiger partial charge in [-0.15, -0.1) is 0 Å². The average molecular weight is 449 g/mol. The number of hydrogen-bond acceptors (Lipinski definition) is 4. The highest BCUT2D eigenvalue weighted by Crippen LogP contribution is 2.28. The van der Waals surface area contributed by atoms with Crippen LogP contribution in [0.5, 0.6) is 11.5 Å². The van der Waals surface area contributed by atoms with Crippen LogP contribution >= 0.6 is 11.6 Å². The summed E-state index contributed by atoms with van der Waals surface area (Å²) in [6, 6.07) is 9.65. The number of piperidine rings is 1. The van der Waals surface area contributed by atoms with E-state index in [-0.39, 0.29) is 22.5 Å². The lowest BCUT2D eigenvalue weighted by Crippen LogP contribution is -2.46. The summed E-state index contributed by atoms with van der Waals surface area (Å²) >= 11 is 5.96. The molecule has 0 radical (unpaired) electrons. The molecule has 0 aromatic heterocycles. The summed E-state index contributed by atoms with van der Waals surface area (Å²) in [6.07, 6.45) is 2.21. The highest BCUT2D eigenvalue weighted by Gasteiger charge is 2.25. The fourth-order valence-electron chi connectivity index (χ4n) is 3.69. The van der Waals surface area contributed by atoms with Crippen molar-refractivity contribution in [1.29, 1.82) is 0 Å². The van der Waals surface area contributed by atoms with Crippen molar-refractivity contribution in [3.05, 3.63) is 58.4 Å². The molecule has 1 heterocycles. The summed E-state index contributed by atoms with van der Waals surface area (Å²) < 4.78 is 24.5. The minimum absolute atomic E-state index is 0.0664. The van der Waals surface area contributed by atoms with Crippen LogP contribution in [0.1, 0.15) is 35.2 Å². The van der Waals surface area contributed by atoms with Crippen molar-refractivity contribution in [2.24, 2.45) is 0 Å². The van der Waals surface area contributed by atoms with Gasteiger partial charge in [-0.1, -0.05) is 23.7 Å². The molecule has 0 atom stereocenters. The number of amides is 2. The summed E-state index contributed by atoms with van der Waals surface area (Å²) in [4.78, 5) is 26.8. The molecule has 1 N–H and O–H groups in total. The number of carbonyl (C=O) groups is 2. The Morgan fingerprint density at radius 3 is 2.48 bits per heavy atom. The number of likely N-dealkylation sites (tertiary alicyclic amines) is 1. The number of benzene rings is 2. The first-order valence-corrected chi connectivity index (χ1v) is 10.5. The Morgan fingerprint density at radius 1 is 1.13 bits per heavy atom. The van der Waals surface area contributed by atoms with E-state index in [4.69, 9.17) is 21.1 Å². The van der Waals surface area contributed by atoms with Gasteiger partial charge >= 0.3 is 0 Å². The molecule has 1 saturated heterocycles. The number of hydrogen-bond donors (Lipinski definition) is 1. The maximum atomic E-state index is 13.9. The molecule has 2 amide bonds. The van der Waals surface area contributed by atoms with Crippen molar-refractivity contribution < 1.29 is 23.5 Å². The van der Waals surface area contributed by atoms with Crippen molar-refractivity contribution in [3.63, 3.8) is 0 Å². The molecule has 1 fully saturated rings. The van der Waals surface area contributed by atoms with Gasteiger partial charge in [0.1, 0.15) is 5.82 Å². The zero-order valence-electron chi connectivity index (χ0n) is 17.6. The standard InChI is InChI=1S/C23H26ClFN2O4/c1-30-19-8-6-15(14-20(19)31-2)7-9-21(28)27-12-10-16(11-13-27)26-23(29)22-17(24)4-3-5-18(22)25/h3-6,8,14,16H,7,9-13H2,1-2H3,(H,26,29). The van der Waals surface area contributed by atoms with Gasteiger partial charge in [-0.3, -0.25) is 9.59 Å². The van der Waals surface area contributed by atoms with Crippen LogP contribution in [-0.2, 0) is 11.2 Å². The molecular formula is C23H26ClFN2O4. The summed E-state index contributed by atoms with van der Waals surface area (Å²) in [5.74, 6) is 0.183. The van der Waals surface area contributed by atoms with E-state index in [1.165, 1.54) is 18.2 Å². The highest BCUT2D eigenvalue weighted by atomic mass is 35.5. The second kappa shape index (κ2) is 10.5. The third-order valence-corrected chi connectivity index (χ3v) is 5.76. The van der Waals surface area contributed by atoms with Gasteiger partial charge in [0.2, 0.25) is 5.91 Å². The molecule has 8 heteroatoms. The lowest BCUT2D eigenvalue weighted by Gasteiger charge is -2.32. The zero-order valence-corrected chi connectivity index (χ0v) is 18.4. The second-order valence-electron chi connectivity index (χ2n) is 7.41. The summed E-state index contributed by atoms with van der Waals surface area (Å²) in [5.41, 5.74) is 0.854. The molecule has 1 aliphatic heterocycles. The Kier molecular flexibility index (Phi) is 7.74. The number of ether oxygens (including phenoxy) is 2. The van der Waals surface area contributed by atoms with Crippen LogP contribution in [0.25, 0.3) is 0 Å². The molecule has 31 heavy (non-hydrogen) atoms. The fraction of sp³-hybridized carbons (Fsp3) is 0.391. The quantitative estimate of drug-likeness (QED) is 0.698. The molecule has 6 nitrogen and oxygen atoms in total. The summed E-state index contributed by atoms with van der Waals surface area (Å²) in [5, 5.41) is 2.91. The Labute approximate surface area is 186 Å². The monoisotopic (exact) mass is 448 g/mol. The third kappa shape index (κ3) is 5.67. The molecule has 0 unspecified atom stereocenters. The van der Waals surface area contributed by atoms with Gasteiger partial charge in [0.05, 0.1) is 24.8 Å². The van der Waals surface area contributed by atoms with E-state index in [1.54, 1.807) is 19.1 Å². The molecule has 2 aromatic carbocycles. The van der Waals surface area contributed by atoms with E-state index in [2.05, 4.69) is 5.32 Å². The van der Waals surface area contributed by atoms with E-state index in [0.29, 0.717) is 50.3 Å². The molecule has 0 spiro atoms. The predicted octanol–water partition coefficient (Wildman–Crippen LogP) is 3.85. The zero-order chi connectivity index (χ0) is 22.4. The van der Waals surface area contributed by atoms with Crippen LogP contribution in [0, 0.1) is 5.82 Å². The van der Waals surface area contributed by atoms with Gasteiger partial charge in [0.15, 0.2) is 11.5 Å². The van der Waals surface area contributed by atoms with Crippen molar-refractivity contribution in [3.8, 4) is 11.5 Å². The number of halogens is 2. The lowest BCUT2D eigenvalue weighted by molar-refractivity contribution is -0.132. The van der Waals surface area contributed by atoms with Crippen LogP contribution in [0.2, 0.25) is 5.02 Å². The van der Waals surface area contributed by atoms with Gasteiger partial charge in [-0.05, 0) is 49.1 Å². The smallest absolute Gasteiger partial charge is 0.255 e. The average Bonchev–Trinajstić information content (AvgIpc) is 2.77. The van der Waals surface area contributed by atoms with Gasteiger partial charge in [-0.2, -0.15) is 0 Å². The number of methoxy groups -OCH3 is 2. The van der Waals surface area contributed by atoms with Crippen molar-refractivity contribution >= 4 is 23.4 Å². The topological polar surface area (TPSA) is 67.9 Å². The Morgan fingerprint density at radius 2 is 1.84 bits per heavy atom. The number of aryl methyl sites for hydroxylation is 1. The van der Waals surface area contributed by atoms with Gasteiger partial charge < -0.3 is 19.7 Å². The molecule has 2 aromatic rings. The van der Waals surface area contributed by atoms with Crippen LogP contribution in [0.4, 0.5) is 4.39 Å². The third-order valence-electron chi connectivity index (χ3n) is 5.45. The molecule has 0 bridgehead atoms. The van der Waals surface area contributed by atoms with Crippen LogP contribution in [0.3, 0.4) is 0 Å². The van der Waals surface area contributed by atoms with Crippen LogP contribution in [-0.4, -0.2) is 50.1 Å². The Hall–Kier alpha value is -2.80. The van der Waals surface area contributed by atoms with Crippen molar-refractivity contribution in [2.75, 3.05) is 27.3 Å². The lowest BCUT2D eigenvalue weighted by atomic mass is 10.0. The first kappa shape index (κ1) is 22.9. The van der Waals surface area contributed by atoms with E-state index in [0.717, 1.165) is 5.56 Å². The number of rotatable bonds is 7. The molecule has 1 aliphatic rings. The summed E-state index contributed by atoms with van der Waals surface area (Å²) in [6.45, 7) is 1.08. The Balaban J connectivity index is 1.48. The minimum atomic E-state index is -0.646. The predicted molar refractivity (Wildman–Crippen MR) is 116 cm³/mol. The largest absolute Gasteiger partial charge is 0.493 e. The maximum absolute atomic E-state index is 13.9. The van der Waals surface area contributed by atoms with Crippen LogP contribution in [0.15, 0.2) is 36.4 Å². The van der Waals surface area contributed by atoms with Gasteiger partial charge in [-0.25, -0.2) is 4.39 Å². The number of nitrogens with one attached hydrogen (secondary N) is 1. The first-order chi connectivity index (χ1) is 14.9. The molecule has 3 rings (SSSR count). The van der Waals surface area contributed by atoms with E-state index >= 15 is 0 Å². The SMILES string of the molecule is COc1ccc(CCC(=O)N2CCC(NC(=O)c3c(F)cccc3Cl)CC2)cc1OC. The normalized spacial score (nSPS) is 14.3. The maximum Gasteiger partial charge on any atom is 0.255 e. The second-order valence-corrected chi connectivity index (χ2v) is 7.82. The fourth-order valence-corrected chi connectivity index (χ4v) is 3.94. The van der Waals surface area contributed by atoms with Crippen molar-refractivity contribution in [1.82, 2.24) is 10.2 Å².